The van der Waals surface area contributed by atoms with Crippen LogP contribution in [-0.4, -0.2) is 49.4 Å². The molecule has 1 radical (unpaired) electrons. The number of phosphoric acid groups is 1. The molecule has 1 aliphatic rings. The topological polar surface area (TPSA) is 54.0 Å². The second kappa shape index (κ2) is 14.6. The van der Waals surface area contributed by atoms with Gasteiger partial charge in [-0.05, 0) is 6.42 Å². The first-order valence-electron chi connectivity index (χ1n) is 7.97. The van der Waals surface area contributed by atoms with Crippen LogP contribution >= 0.6 is 7.82 Å². The molecule has 7 heteroatoms. The van der Waals surface area contributed by atoms with Crippen molar-refractivity contribution in [2.45, 2.75) is 71.1 Å². The summed E-state index contributed by atoms with van der Waals surface area (Å²) in [5.41, 5.74) is 0. The number of unbranched alkanes of at least 4 members (excludes halogenated alkanes) is 9. The van der Waals surface area contributed by atoms with Gasteiger partial charge in [-0.1, -0.05) is 64.7 Å². The van der Waals surface area contributed by atoms with Gasteiger partial charge in [0.05, 0.1) is 13.2 Å². The van der Waals surface area contributed by atoms with E-state index < -0.39 is 7.82 Å². The van der Waals surface area contributed by atoms with Gasteiger partial charge >= 0.3 is 7.82 Å². The Morgan fingerprint density at radius 1 is 0.905 bits per heavy atom. The van der Waals surface area contributed by atoms with Gasteiger partial charge < -0.3 is 0 Å². The Labute approximate surface area is 151 Å². The molecule has 1 heterocycles. The van der Waals surface area contributed by atoms with E-state index in [-0.39, 0.29) is 36.2 Å². The van der Waals surface area contributed by atoms with Gasteiger partial charge in [0.15, 0.2) is 0 Å². The molecule has 0 aromatic heterocycles. The smallest absolute Gasteiger partial charge is 0.285 e. The zero-order chi connectivity index (χ0) is 14.5. The van der Waals surface area contributed by atoms with E-state index in [4.69, 9.17) is 9.05 Å². The summed E-state index contributed by atoms with van der Waals surface area (Å²) < 4.78 is 26.3. The predicted molar refractivity (Wildman–Crippen MR) is 84.1 cm³/mol. The average molecular weight is 331 g/mol. The summed E-state index contributed by atoms with van der Waals surface area (Å²) >= 11 is 0. The third-order valence-corrected chi connectivity index (χ3v) is 4.59. The normalized spacial score (nSPS) is 22.0. The Bertz CT molecular complexity index is 268. The minimum absolute atomic E-state index is 0. The molecule has 1 rings (SSSR count). The van der Waals surface area contributed by atoms with E-state index in [1.807, 2.05) is 0 Å². The van der Waals surface area contributed by atoms with Crippen molar-refractivity contribution in [3.8, 4) is 0 Å². The zero-order valence-corrected chi connectivity index (χ0v) is 16.6. The van der Waals surface area contributed by atoms with Crippen LogP contribution in [0.4, 0.5) is 0 Å². The van der Waals surface area contributed by atoms with E-state index in [0.717, 1.165) is 12.8 Å². The fraction of sp³-hybridized carbons (Fsp3) is 1.00. The predicted octanol–water partition coefficient (Wildman–Crippen LogP) is 4.63. The molecule has 0 aromatic rings. The van der Waals surface area contributed by atoms with Crippen molar-refractivity contribution < 1.29 is 23.2 Å². The summed E-state index contributed by atoms with van der Waals surface area (Å²) in [5, 5.41) is 0. The van der Waals surface area contributed by atoms with Crippen molar-refractivity contribution in [1.82, 2.24) is 0 Å². The monoisotopic (exact) mass is 331 g/mol. The maximum atomic E-state index is 11.7. The molecule has 1 unspecified atom stereocenters. The van der Waals surface area contributed by atoms with Crippen LogP contribution in [0.1, 0.15) is 71.1 Å². The summed E-state index contributed by atoms with van der Waals surface area (Å²) in [7, 11) is -3.41. The molecule has 21 heavy (non-hydrogen) atoms. The second-order valence-electron chi connectivity index (χ2n) is 5.19. The van der Waals surface area contributed by atoms with Crippen LogP contribution in [0.15, 0.2) is 0 Å². The molecule has 0 saturated carbocycles. The van der Waals surface area contributed by atoms with Crippen molar-refractivity contribution >= 4 is 37.4 Å². The van der Waals surface area contributed by atoms with Gasteiger partial charge in [-0.3, -0.25) is 9.05 Å². The quantitative estimate of drug-likeness (QED) is 0.226. The second-order valence-corrected chi connectivity index (χ2v) is 6.75. The van der Waals surface area contributed by atoms with Gasteiger partial charge in [0, 0.05) is 29.6 Å². The Morgan fingerprint density at radius 2 is 1.48 bits per heavy atom. The fourth-order valence-corrected chi connectivity index (χ4v) is 3.15. The standard InChI is InChI=1S/C14H29O5P.Na/c1-2-3-4-5-6-7-8-9-10-11-12-17-20(15)18-14-13-16-19-20;/h2-14H2,1H3;. The van der Waals surface area contributed by atoms with E-state index in [2.05, 4.69) is 16.5 Å². The van der Waals surface area contributed by atoms with Crippen molar-refractivity contribution in [2.75, 3.05) is 19.8 Å². The fourth-order valence-electron chi connectivity index (χ4n) is 2.13. The van der Waals surface area contributed by atoms with E-state index in [0.29, 0.717) is 13.2 Å². The zero-order valence-electron chi connectivity index (χ0n) is 13.7. The molecule has 0 spiro atoms. The number of hydrogen-bond donors (Lipinski definition) is 0. The molecule has 1 fully saturated rings. The van der Waals surface area contributed by atoms with Gasteiger partial charge in [-0.2, -0.15) is 0 Å². The van der Waals surface area contributed by atoms with Crippen LogP contribution in [0.2, 0.25) is 0 Å². The van der Waals surface area contributed by atoms with Crippen LogP contribution in [0.3, 0.4) is 0 Å². The molecule has 0 aliphatic carbocycles. The van der Waals surface area contributed by atoms with Crippen LogP contribution in [-0.2, 0) is 23.2 Å². The van der Waals surface area contributed by atoms with Crippen molar-refractivity contribution in [3.05, 3.63) is 0 Å². The molecular weight excluding hydrogens is 302 g/mol. The third kappa shape index (κ3) is 12.2. The minimum atomic E-state index is -3.41. The van der Waals surface area contributed by atoms with Gasteiger partial charge in [-0.15, -0.1) is 4.67 Å². The molecule has 1 saturated heterocycles. The Balaban J connectivity index is 0.00000400. The van der Waals surface area contributed by atoms with Gasteiger partial charge in [0.1, 0.15) is 6.61 Å². The largest absolute Gasteiger partial charge is 0.502 e. The minimum Gasteiger partial charge on any atom is -0.285 e. The number of hydrogen-bond acceptors (Lipinski definition) is 5. The molecule has 1 atom stereocenters. The maximum Gasteiger partial charge on any atom is 0.502 e. The van der Waals surface area contributed by atoms with E-state index in [1.165, 1.54) is 51.4 Å². The molecule has 121 valence electrons. The molecule has 0 aromatic carbocycles. The number of rotatable bonds is 12. The molecule has 5 nitrogen and oxygen atoms in total. The van der Waals surface area contributed by atoms with Gasteiger partial charge in [0.25, 0.3) is 0 Å². The van der Waals surface area contributed by atoms with E-state index in [9.17, 15) is 4.57 Å². The molecule has 1 aliphatic heterocycles. The van der Waals surface area contributed by atoms with Crippen LogP contribution in [0.5, 0.6) is 0 Å². The van der Waals surface area contributed by atoms with Crippen molar-refractivity contribution in [2.24, 2.45) is 0 Å². The van der Waals surface area contributed by atoms with Crippen LogP contribution in [0.25, 0.3) is 0 Å². The first-order chi connectivity index (χ1) is 9.77. The first kappa shape index (κ1) is 22.1. The van der Waals surface area contributed by atoms with Crippen LogP contribution in [0, 0.1) is 0 Å². The molecular formula is C14H29NaO5P. The SMILES string of the molecule is CCCCCCCCCCCCOP1(=O)OCCOO1.[Na]. The molecule has 0 bridgehead atoms. The summed E-state index contributed by atoms with van der Waals surface area (Å²) in [6.07, 6.45) is 12.6. The third-order valence-electron chi connectivity index (χ3n) is 3.31. The Hall–Kier alpha value is 1.07. The van der Waals surface area contributed by atoms with Gasteiger partial charge in [-0.25, -0.2) is 9.45 Å². The Kier molecular flexibility index (Phi) is 15.4. The summed E-state index contributed by atoms with van der Waals surface area (Å²) in [6.45, 7) is 3.20. The van der Waals surface area contributed by atoms with Crippen LogP contribution < -0.4 is 0 Å². The number of phosphoric ester groups is 1. The molecule has 0 N–H and O–H groups in total. The Morgan fingerprint density at radius 3 is 2.00 bits per heavy atom. The average Bonchev–Trinajstić information content (AvgIpc) is 2.45. The first-order valence-corrected chi connectivity index (χ1v) is 9.43. The summed E-state index contributed by atoms with van der Waals surface area (Å²) in [5.74, 6) is 0. The van der Waals surface area contributed by atoms with Gasteiger partial charge in [0.2, 0.25) is 0 Å². The molecule has 0 amide bonds. The maximum absolute atomic E-state index is 11.7. The van der Waals surface area contributed by atoms with E-state index in [1.54, 1.807) is 0 Å². The summed E-state index contributed by atoms with van der Waals surface area (Å²) in [4.78, 5) is 4.62. The van der Waals surface area contributed by atoms with Crippen molar-refractivity contribution in [1.29, 1.82) is 0 Å². The van der Waals surface area contributed by atoms with Crippen molar-refractivity contribution in [3.63, 3.8) is 0 Å². The summed E-state index contributed by atoms with van der Waals surface area (Å²) in [6, 6.07) is 0. The van der Waals surface area contributed by atoms with E-state index >= 15 is 0 Å².